The van der Waals surface area contributed by atoms with Gasteiger partial charge in [-0.2, -0.15) is 0 Å². The van der Waals surface area contributed by atoms with Crippen LogP contribution in [0.1, 0.15) is 24.2 Å². The van der Waals surface area contributed by atoms with Crippen LogP contribution in [0.15, 0.2) is 29.2 Å². The van der Waals surface area contributed by atoms with E-state index in [1.54, 1.807) is 23.9 Å². The first-order valence-electron chi connectivity index (χ1n) is 4.09. The topological polar surface area (TPSA) is 17.1 Å². The molecule has 1 aromatic rings. The van der Waals surface area contributed by atoms with Gasteiger partial charge in [0.2, 0.25) is 5.12 Å². The van der Waals surface area contributed by atoms with Crippen molar-refractivity contribution in [3.8, 4) is 0 Å². The second-order valence-electron chi connectivity index (χ2n) is 3.00. The molecule has 0 heterocycles. The van der Waals surface area contributed by atoms with E-state index in [1.807, 2.05) is 12.1 Å². The van der Waals surface area contributed by atoms with Crippen LogP contribution < -0.4 is 0 Å². The summed E-state index contributed by atoms with van der Waals surface area (Å²) in [6, 6.07) is 7.52. The lowest BCUT2D eigenvalue weighted by molar-refractivity contribution is 0.109. The van der Waals surface area contributed by atoms with Crippen molar-refractivity contribution in [1.82, 2.24) is 0 Å². The normalized spacial score (nSPS) is 10.5. The molecule has 1 aromatic carbocycles. The van der Waals surface area contributed by atoms with E-state index in [0.29, 0.717) is 10.8 Å². The first kappa shape index (κ1) is 10.7. The molecule has 1 nitrogen and oxygen atoms in total. The van der Waals surface area contributed by atoms with E-state index < -0.39 is 0 Å². The third kappa shape index (κ3) is 3.44. The fraction of sp³-hybridized carbons (Fsp3) is 0.300. The second-order valence-corrected chi connectivity index (χ2v) is 5.05. The molecule has 0 radical (unpaired) electrons. The van der Waals surface area contributed by atoms with Crippen LogP contribution >= 0.6 is 24.4 Å². The van der Waals surface area contributed by atoms with Crippen LogP contribution in [0.2, 0.25) is 0 Å². The van der Waals surface area contributed by atoms with Gasteiger partial charge < -0.3 is 0 Å². The van der Waals surface area contributed by atoms with Gasteiger partial charge in [-0.25, -0.2) is 0 Å². The molecule has 70 valence electrons. The minimum Gasteiger partial charge on any atom is -0.282 e. The molecule has 3 heteroatoms. The maximum atomic E-state index is 10.8. The van der Waals surface area contributed by atoms with Gasteiger partial charge in [-0.05, 0) is 24.3 Å². The summed E-state index contributed by atoms with van der Waals surface area (Å²) in [6.07, 6.45) is 0. The molecular formula is C10H12OS2. The molecule has 0 aliphatic heterocycles. The molecule has 0 bridgehead atoms. The van der Waals surface area contributed by atoms with E-state index in [9.17, 15) is 4.79 Å². The molecule has 0 fully saturated rings. The summed E-state index contributed by atoms with van der Waals surface area (Å²) < 4.78 is 0. The van der Waals surface area contributed by atoms with Crippen LogP contribution in [0.25, 0.3) is 0 Å². The summed E-state index contributed by atoms with van der Waals surface area (Å²) in [6.45, 7) is 4.28. The molecule has 0 spiro atoms. The van der Waals surface area contributed by atoms with Gasteiger partial charge in [0.15, 0.2) is 0 Å². The second kappa shape index (κ2) is 4.72. The molecular weight excluding hydrogens is 200 g/mol. The Hall–Kier alpha value is -0.410. The molecule has 0 aliphatic rings. The van der Waals surface area contributed by atoms with Crippen molar-refractivity contribution in [1.29, 1.82) is 0 Å². The lowest BCUT2D eigenvalue weighted by Gasteiger charge is -2.04. The van der Waals surface area contributed by atoms with Gasteiger partial charge >= 0.3 is 0 Å². The minimum absolute atomic E-state index is 0.180. The maximum absolute atomic E-state index is 10.8. The molecule has 0 saturated carbocycles. The Bertz CT molecular complexity index is 290. The summed E-state index contributed by atoms with van der Waals surface area (Å²) in [5, 5.41) is 0.388. The van der Waals surface area contributed by atoms with Crippen molar-refractivity contribution in [3.63, 3.8) is 0 Å². The van der Waals surface area contributed by atoms with Crippen LogP contribution in [0.3, 0.4) is 0 Å². The Labute approximate surface area is 88.3 Å². The fourth-order valence-electron chi connectivity index (χ4n) is 0.948. The zero-order valence-corrected chi connectivity index (χ0v) is 9.36. The number of carbonyl (C=O) groups excluding carboxylic acids is 1. The van der Waals surface area contributed by atoms with Crippen LogP contribution in [0.4, 0.5) is 0 Å². The molecule has 13 heavy (non-hydrogen) atoms. The Balaban J connectivity index is 2.75. The van der Waals surface area contributed by atoms with Crippen LogP contribution in [-0.4, -0.2) is 10.4 Å². The van der Waals surface area contributed by atoms with Gasteiger partial charge in [0.1, 0.15) is 0 Å². The number of hydrogen-bond acceptors (Lipinski definition) is 2. The fourth-order valence-corrected chi connectivity index (χ4v) is 1.93. The van der Waals surface area contributed by atoms with Gasteiger partial charge in [-0.15, -0.1) is 24.4 Å². The van der Waals surface area contributed by atoms with Crippen LogP contribution in [-0.2, 0) is 0 Å². The Morgan fingerprint density at radius 2 is 1.85 bits per heavy atom. The van der Waals surface area contributed by atoms with Crippen molar-refractivity contribution in [2.75, 3.05) is 0 Å². The molecule has 0 atom stereocenters. The number of carbonyl (C=O) groups is 1. The SMILES string of the molecule is CC(C)Sc1ccc(C(=O)S)cc1. The van der Waals surface area contributed by atoms with Crippen molar-refractivity contribution in [2.24, 2.45) is 0 Å². The number of rotatable bonds is 3. The van der Waals surface area contributed by atoms with Crippen molar-refractivity contribution >= 4 is 29.5 Å². The molecule has 0 N–H and O–H groups in total. The van der Waals surface area contributed by atoms with Crippen LogP contribution in [0.5, 0.6) is 0 Å². The van der Waals surface area contributed by atoms with E-state index in [2.05, 4.69) is 26.5 Å². The largest absolute Gasteiger partial charge is 0.282 e. The number of thioether (sulfide) groups is 1. The van der Waals surface area contributed by atoms with E-state index in [0.717, 1.165) is 0 Å². The highest BCUT2D eigenvalue weighted by Crippen LogP contribution is 2.23. The first-order valence-corrected chi connectivity index (χ1v) is 5.42. The van der Waals surface area contributed by atoms with E-state index in [-0.39, 0.29) is 5.12 Å². The lowest BCUT2D eigenvalue weighted by atomic mass is 10.2. The van der Waals surface area contributed by atoms with E-state index in [1.165, 1.54) is 4.90 Å². The standard InChI is InChI=1S/C10H12OS2/c1-7(2)13-9-5-3-8(4-6-9)10(11)12/h3-7H,1-2H3,(H,11,12). The molecule has 0 aromatic heterocycles. The van der Waals surface area contributed by atoms with Gasteiger partial charge in [-0.1, -0.05) is 13.8 Å². The molecule has 0 amide bonds. The third-order valence-corrected chi connectivity index (χ3v) is 2.75. The van der Waals surface area contributed by atoms with Gasteiger partial charge in [-0.3, -0.25) is 4.79 Å². The first-order chi connectivity index (χ1) is 6.09. The number of thiol groups is 1. The zero-order valence-electron chi connectivity index (χ0n) is 7.65. The summed E-state index contributed by atoms with van der Waals surface area (Å²) in [5.74, 6) is 0. The zero-order chi connectivity index (χ0) is 9.84. The predicted octanol–water partition coefficient (Wildman–Crippen LogP) is 3.26. The Morgan fingerprint density at radius 1 is 1.31 bits per heavy atom. The summed E-state index contributed by atoms with van der Waals surface area (Å²) >= 11 is 5.53. The predicted molar refractivity (Wildman–Crippen MR) is 60.8 cm³/mol. The smallest absolute Gasteiger partial charge is 0.216 e. The summed E-state index contributed by atoms with van der Waals surface area (Å²) in [7, 11) is 0. The average Bonchev–Trinajstić information content (AvgIpc) is 2.04. The van der Waals surface area contributed by atoms with Gasteiger partial charge in [0.05, 0.1) is 0 Å². The highest BCUT2D eigenvalue weighted by atomic mass is 32.2. The highest BCUT2D eigenvalue weighted by Gasteiger charge is 2.01. The number of hydrogen-bond donors (Lipinski definition) is 1. The van der Waals surface area contributed by atoms with Crippen molar-refractivity contribution in [2.45, 2.75) is 24.0 Å². The number of benzene rings is 1. The molecule has 0 aliphatic carbocycles. The van der Waals surface area contributed by atoms with Crippen molar-refractivity contribution < 1.29 is 4.79 Å². The monoisotopic (exact) mass is 212 g/mol. The third-order valence-electron chi connectivity index (χ3n) is 1.47. The minimum atomic E-state index is -0.180. The summed E-state index contributed by atoms with van der Waals surface area (Å²) in [4.78, 5) is 12.0. The lowest BCUT2D eigenvalue weighted by Crippen LogP contribution is -1.89. The van der Waals surface area contributed by atoms with Crippen molar-refractivity contribution in [3.05, 3.63) is 29.8 Å². The molecule has 0 unspecified atom stereocenters. The maximum Gasteiger partial charge on any atom is 0.216 e. The quantitative estimate of drug-likeness (QED) is 0.612. The highest BCUT2D eigenvalue weighted by molar-refractivity contribution is 7.99. The Morgan fingerprint density at radius 3 is 2.23 bits per heavy atom. The van der Waals surface area contributed by atoms with Gasteiger partial charge in [0.25, 0.3) is 0 Å². The summed E-state index contributed by atoms with van der Waals surface area (Å²) in [5.41, 5.74) is 0.649. The van der Waals surface area contributed by atoms with E-state index >= 15 is 0 Å². The van der Waals surface area contributed by atoms with Gasteiger partial charge in [0, 0.05) is 15.7 Å². The van der Waals surface area contributed by atoms with Crippen LogP contribution in [0, 0.1) is 0 Å². The molecule has 0 saturated heterocycles. The average molecular weight is 212 g/mol. The Kier molecular flexibility index (Phi) is 3.88. The van der Waals surface area contributed by atoms with E-state index in [4.69, 9.17) is 0 Å². The molecule has 1 rings (SSSR count).